The molecule has 0 spiro atoms. The van der Waals surface area contributed by atoms with Crippen LogP contribution in [0.25, 0.3) is 0 Å². The van der Waals surface area contributed by atoms with Crippen molar-refractivity contribution in [2.24, 2.45) is 5.41 Å². The highest BCUT2D eigenvalue weighted by Crippen LogP contribution is 2.39. The van der Waals surface area contributed by atoms with Crippen LogP contribution in [-0.2, 0) is 4.74 Å². The van der Waals surface area contributed by atoms with Gasteiger partial charge in [-0.3, -0.25) is 0 Å². The second kappa shape index (κ2) is 5.50. The van der Waals surface area contributed by atoms with Crippen LogP contribution in [0.4, 0.5) is 0 Å². The number of thioether (sulfide) groups is 1. The van der Waals surface area contributed by atoms with E-state index in [4.69, 9.17) is 4.74 Å². The van der Waals surface area contributed by atoms with Crippen LogP contribution >= 0.6 is 11.8 Å². The van der Waals surface area contributed by atoms with E-state index < -0.39 is 0 Å². The monoisotopic (exact) mass is 257 g/mol. The van der Waals surface area contributed by atoms with Gasteiger partial charge in [-0.15, -0.1) is 0 Å². The predicted octanol–water partition coefficient (Wildman–Crippen LogP) is 3.07. The Bertz CT molecular complexity index is 249. The molecule has 0 aromatic heterocycles. The molecular formula is C14H27NOS. The van der Waals surface area contributed by atoms with Crippen molar-refractivity contribution >= 4 is 11.8 Å². The second-order valence-electron chi connectivity index (χ2n) is 6.31. The van der Waals surface area contributed by atoms with Gasteiger partial charge in [-0.1, -0.05) is 20.3 Å². The Morgan fingerprint density at radius 3 is 2.47 bits per heavy atom. The number of hydrogen-bond acceptors (Lipinski definition) is 3. The third-order valence-electron chi connectivity index (χ3n) is 4.76. The van der Waals surface area contributed by atoms with Gasteiger partial charge in [0.1, 0.15) is 0 Å². The molecule has 2 rings (SSSR count). The van der Waals surface area contributed by atoms with E-state index in [2.05, 4.69) is 25.4 Å². The van der Waals surface area contributed by atoms with Gasteiger partial charge in [0, 0.05) is 30.5 Å². The molecule has 0 radical (unpaired) electrons. The van der Waals surface area contributed by atoms with E-state index in [0.717, 1.165) is 25.8 Å². The van der Waals surface area contributed by atoms with Crippen LogP contribution < -0.4 is 5.32 Å². The fraction of sp³-hybridized carbons (Fsp3) is 1.00. The average molecular weight is 257 g/mol. The van der Waals surface area contributed by atoms with Crippen LogP contribution in [0.3, 0.4) is 0 Å². The Labute approximate surface area is 110 Å². The van der Waals surface area contributed by atoms with Gasteiger partial charge in [-0.2, -0.15) is 11.8 Å². The molecule has 0 bridgehead atoms. The van der Waals surface area contributed by atoms with Crippen LogP contribution in [0, 0.1) is 5.41 Å². The Hall–Kier alpha value is 0.270. The quantitative estimate of drug-likeness (QED) is 0.836. The van der Waals surface area contributed by atoms with E-state index in [1.54, 1.807) is 0 Å². The summed E-state index contributed by atoms with van der Waals surface area (Å²) in [7, 11) is 0. The molecule has 0 amide bonds. The maximum Gasteiger partial charge on any atom is 0.0479 e. The average Bonchev–Trinajstić information content (AvgIpc) is 2.67. The highest BCUT2D eigenvalue weighted by molar-refractivity contribution is 8.00. The molecule has 1 heterocycles. The largest absolute Gasteiger partial charge is 0.381 e. The van der Waals surface area contributed by atoms with Gasteiger partial charge in [-0.05, 0) is 37.4 Å². The van der Waals surface area contributed by atoms with Gasteiger partial charge in [0.15, 0.2) is 0 Å². The first-order chi connectivity index (χ1) is 8.08. The summed E-state index contributed by atoms with van der Waals surface area (Å²) in [6.45, 7) is 7.86. The van der Waals surface area contributed by atoms with Crippen LogP contribution in [-0.4, -0.2) is 36.8 Å². The summed E-state index contributed by atoms with van der Waals surface area (Å²) < 4.78 is 5.93. The molecule has 1 saturated heterocycles. The Morgan fingerprint density at radius 2 is 1.94 bits per heavy atom. The third kappa shape index (κ3) is 3.18. The topological polar surface area (TPSA) is 21.3 Å². The molecule has 2 nitrogen and oxygen atoms in total. The van der Waals surface area contributed by atoms with Crippen molar-refractivity contribution in [2.75, 3.05) is 26.0 Å². The summed E-state index contributed by atoms with van der Waals surface area (Å²) in [5.74, 6) is 0. The lowest BCUT2D eigenvalue weighted by Crippen LogP contribution is -2.48. The third-order valence-corrected chi connectivity index (χ3v) is 6.18. The minimum atomic E-state index is 0.428. The standard InChI is InChI=1S/C14H27NOS/c1-13(2)6-4-5-12(13)15-11-14(17-3)7-9-16-10-8-14/h12,15H,4-11H2,1-3H3/t12-/m0/s1. The fourth-order valence-electron chi connectivity index (χ4n) is 3.21. The molecule has 100 valence electrons. The van der Waals surface area contributed by atoms with Gasteiger partial charge in [0.25, 0.3) is 0 Å². The van der Waals surface area contributed by atoms with Crippen molar-refractivity contribution in [3.63, 3.8) is 0 Å². The molecule has 1 saturated carbocycles. The minimum Gasteiger partial charge on any atom is -0.381 e. The summed E-state index contributed by atoms with van der Waals surface area (Å²) in [4.78, 5) is 0. The molecule has 0 aromatic carbocycles. The van der Waals surface area contributed by atoms with Crippen molar-refractivity contribution < 1.29 is 4.74 Å². The van der Waals surface area contributed by atoms with E-state index in [9.17, 15) is 0 Å². The molecule has 1 N–H and O–H groups in total. The first kappa shape index (κ1) is 13.7. The van der Waals surface area contributed by atoms with Crippen molar-refractivity contribution in [3.05, 3.63) is 0 Å². The van der Waals surface area contributed by atoms with Crippen LogP contribution in [0.5, 0.6) is 0 Å². The van der Waals surface area contributed by atoms with Crippen molar-refractivity contribution in [3.8, 4) is 0 Å². The van der Waals surface area contributed by atoms with Crippen molar-refractivity contribution in [2.45, 2.75) is 56.7 Å². The lowest BCUT2D eigenvalue weighted by atomic mass is 9.87. The van der Waals surface area contributed by atoms with Crippen molar-refractivity contribution in [1.29, 1.82) is 0 Å². The normalized spacial score (nSPS) is 31.6. The zero-order valence-corrected chi connectivity index (χ0v) is 12.4. The Morgan fingerprint density at radius 1 is 1.24 bits per heavy atom. The first-order valence-electron chi connectivity index (χ1n) is 6.94. The van der Waals surface area contributed by atoms with Crippen molar-refractivity contribution in [1.82, 2.24) is 5.32 Å². The number of hydrogen-bond donors (Lipinski definition) is 1. The lowest BCUT2D eigenvalue weighted by Gasteiger charge is -2.38. The molecule has 2 aliphatic rings. The first-order valence-corrected chi connectivity index (χ1v) is 8.17. The number of ether oxygens (including phenoxy) is 1. The zero-order chi connectivity index (χ0) is 12.4. The molecule has 2 fully saturated rings. The molecule has 1 atom stereocenters. The zero-order valence-electron chi connectivity index (χ0n) is 11.6. The summed E-state index contributed by atoms with van der Waals surface area (Å²) >= 11 is 2.03. The molecule has 1 aliphatic carbocycles. The van der Waals surface area contributed by atoms with E-state index >= 15 is 0 Å². The Balaban J connectivity index is 1.87. The highest BCUT2D eigenvalue weighted by atomic mass is 32.2. The molecule has 0 aromatic rings. The summed E-state index contributed by atoms with van der Waals surface area (Å²) in [6, 6.07) is 0.717. The van der Waals surface area contributed by atoms with Crippen LogP contribution in [0.1, 0.15) is 46.0 Å². The fourth-order valence-corrected chi connectivity index (χ4v) is 4.01. The van der Waals surface area contributed by atoms with E-state index in [1.807, 2.05) is 11.8 Å². The van der Waals surface area contributed by atoms with E-state index in [1.165, 1.54) is 32.1 Å². The predicted molar refractivity (Wildman–Crippen MR) is 75.7 cm³/mol. The van der Waals surface area contributed by atoms with Gasteiger partial charge < -0.3 is 10.1 Å². The van der Waals surface area contributed by atoms with Crippen LogP contribution in [0.15, 0.2) is 0 Å². The summed E-state index contributed by atoms with van der Waals surface area (Å²) in [6.07, 6.45) is 8.78. The summed E-state index contributed by atoms with van der Waals surface area (Å²) in [5, 5.41) is 3.86. The molecular weight excluding hydrogens is 230 g/mol. The van der Waals surface area contributed by atoms with E-state index in [0.29, 0.717) is 10.2 Å². The van der Waals surface area contributed by atoms with E-state index in [-0.39, 0.29) is 0 Å². The lowest BCUT2D eigenvalue weighted by molar-refractivity contribution is 0.0753. The maximum absolute atomic E-state index is 5.50. The number of nitrogens with one attached hydrogen (secondary N) is 1. The molecule has 3 heteroatoms. The maximum atomic E-state index is 5.50. The second-order valence-corrected chi connectivity index (χ2v) is 7.59. The molecule has 17 heavy (non-hydrogen) atoms. The smallest absolute Gasteiger partial charge is 0.0479 e. The van der Waals surface area contributed by atoms with Crippen LogP contribution in [0.2, 0.25) is 0 Å². The van der Waals surface area contributed by atoms with Gasteiger partial charge in [0.2, 0.25) is 0 Å². The highest BCUT2D eigenvalue weighted by Gasteiger charge is 2.37. The number of rotatable bonds is 4. The molecule has 1 aliphatic heterocycles. The summed E-state index contributed by atoms with van der Waals surface area (Å²) in [5.41, 5.74) is 0.491. The minimum absolute atomic E-state index is 0.428. The van der Waals surface area contributed by atoms with Gasteiger partial charge >= 0.3 is 0 Å². The SMILES string of the molecule is CSC1(CN[C@H]2CCCC2(C)C)CCOCC1. The van der Waals surface area contributed by atoms with Gasteiger partial charge in [-0.25, -0.2) is 0 Å². The Kier molecular flexibility index (Phi) is 4.43. The molecule has 0 unspecified atom stereocenters. The van der Waals surface area contributed by atoms with Gasteiger partial charge in [0.05, 0.1) is 0 Å².